The topological polar surface area (TPSA) is 67.9 Å². The van der Waals surface area contributed by atoms with Crippen LogP contribution in [0.15, 0.2) is 42.5 Å². The minimum atomic E-state index is -0.355. The number of hydrogen-bond donors (Lipinski definition) is 1. The number of nitrogens with one attached hydrogen (secondary N) is 1. The number of ether oxygens (including phenoxy) is 2. The molecule has 162 valence electrons. The molecule has 6 nitrogen and oxygen atoms in total. The molecule has 0 bridgehead atoms. The molecule has 0 aliphatic carbocycles. The summed E-state index contributed by atoms with van der Waals surface area (Å²) in [6.07, 6.45) is 0. The number of benzene rings is 2. The van der Waals surface area contributed by atoms with E-state index in [1.165, 1.54) is 12.0 Å². The van der Waals surface area contributed by atoms with Gasteiger partial charge >= 0.3 is 0 Å². The van der Waals surface area contributed by atoms with Gasteiger partial charge in [0.15, 0.2) is 11.5 Å². The molecule has 0 radical (unpaired) electrons. The van der Waals surface area contributed by atoms with Crippen molar-refractivity contribution in [1.82, 2.24) is 10.2 Å². The average Bonchev–Trinajstić information content (AvgIpc) is 2.69. The quantitative estimate of drug-likeness (QED) is 0.675. The molecule has 0 saturated heterocycles. The molecule has 0 unspecified atom stereocenters. The van der Waals surface area contributed by atoms with E-state index in [0.717, 1.165) is 5.56 Å². The first-order valence-corrected chi connectivity index (χ1v) is 10.2. The number of rotatable bonds is 8. The summed E-state index contributed by atoms with van der Waals surface area (Å²) >= 11 is 5.90. The van der Waals surface area contributed by atoms with Crippen LogP contribution in [0, 0.1) is 0 Å². The third-order valence-corrected chi connectivity index (χ3v) is 4.49. The number of halogens is 1. The maximum absolute atomic E-state index is 12.9. The summed E-state index contributed by atoms with van der Waals surface area (Å²) in [7, 11) is 1.52. The number of nitrogens with zero attached hydrogens (tertiary/aromatic N) is 1. The standard InChI is InChI=1S/C23H29ClN2O4/c1-6-26(14-21(27)25-23(2,3)4)22(28)17-9-12-19(20(13-17)29-5)30-15-16-7-10-18(24)11-8-16/h7-13H,6,14-15H2,1-5H3,(H,25,27). The van der Waals surface area contributed by atoms with Crippen LogP contribution in [0.2, 0.25) is 5.02 Å². The Labute approximate surface area is 183 Å². The van der Waals surface area contributed by atoms with Crippen LogP contribution in [0.1, 0.15) is 43.6 Å². The van der Waals surface area contributed by atoms with Gasteiger partial charge in [-0.2, -0.15) is 0 Å². The van der Waals surface area contributed by atoms with Gasteiger partial charge in [-0.05, 0) is 63.6 Å². The van der Waals surface area contributed by atoms with Crippen molar-refractivity contribution in [1.29, 1.82) is 0 Å². The van der Waals surface area contributed by atoms with E-state index in [9.17, 15) is 9.59 Å². The third kappa shape index (κ3) is 6.95. The lowest BCUT2D eigenvalue weighted by molar-refractivity contribution is -0.123. The Morgan fingerprint density at radius 3 is 2.30 bits per heavy atom. The van der Waals surface area contributed by atoms with Crippen LogP contribution >= 0.6 is 11.6 Å². The monoisotopic (exact) mass is 432 g/mol. The lowest BCUT2D eigenvalue weighted by Crippen LogP contribution is -2.47. The Balaban J connectivity index is 2.10. The number of carbonyl (C=O) groups excluding carboxylic acids is 2. The van der Waals surface area contributed by atoms with Gasteiger partial charge in [-0.1, -0.05) is 23.7 Å². The molecular formula is C23H29ClN2O4. The van der Waals surface area contributed by atoms with E-state index in [-0.39, 0.29) is 23.9 Å². The smallest absolute Gasteiger partial charge is 0.254 e. The Hall–Kier alpha value is -2.73. The van der Waals surface area contributed by atoms with E-state index in [1.54, 1.807) is 30.3 Å². The minimum absolute atomic E-state index is 0.0102. The maximum atomic E-state index is 12.9. The normalized spacial score (nSPS) is 11.0. The van der Waals surface area contributed by atoms with Gasteiger partial charge in [0.2, 0.25) is 5.91 Å². The molecule has 2 rings (SSSR count). The maximum Gasteiger partial charge on any atom is 0.254 e. The van der Waals surface area contributed by atoms with Gasteiger partial charge in [0.05, 0.1) is 13.7 Å². The molecule has 0 atom stereocenters. The molecule has 0 heterocycles. The molecule has 2 amide bonds. The van der Waals surface area contributed by atoms with Crippen LogP contribution in [-0.4, -0.2) is 42.5 Å². The summed E-state index contributed by atoms with van der Waals surface area (Å²) in [6, 6.07) is 12.4. The summed E-state index contributed by atoms with van der Waals surface area (Å²) in [5.41, 5.74) is 1.03. The van der Waals surface area contributed by atoms with Crippen LogP contribution in [0.3, 0.4) is 0 Å². The van der Waals surface area contributed by atoms with E-state index in [4.69, 9.17) is 21.1 Å². The highest BCUT2D eigenvalue weighted by molar-refractivity contribution is 6.30. The van der Waals surface area contributed by atoms with Gasteiger partial charge in [0.1, 0.15) is 6.61 Å². The molecule has 0 aliphatic heterocycles. The zero-order chi connectivity index (χ0) is 22.3. The molecule has 30 heavy (non-hydrogen) atoms. The first kappa shape index (κ1) is 23.5. The second-order valence-electron chi connectivity index (χ2n) is 7.90. The first-order chi connectivity index (χ1) is 14.1. The highest BCUT2D eigenvalue weighted by atomic mass is 35.5. The van der Waals surface area contributed by atoms with Crippen molar-refractivity contribution in [3.05, 3.63) is 58.6 Å². The van der Waals surface area contributed by atoms with E-state index >= 15 is 0 Å². The van der Waals surface area contributed by atoms with E-state index < -0.39 is 0 Å². The fourth-order valence-corrected chi connectivity index (χ4v) is 2.93. The van der Waals surface area contributed by atoms with Crippen LogP contribution in [-0.2, 0) is 11.4 Å². The van der Waals surface area contributed by atoms with Gasteiger partial charge in [0, 0.05) is 22.7 Å². The van der Waals surface area contributed by atoms with Crippen molar-refractivity contribution >= 4 is 23.4 Å². The average molecular weight is 433 g/mol. The highest BCUT2D eigenvalue weighted by Gasteiger charge is 2.21. The minimum Gasteiger partial charge on any atom is -0.493 e. The van der Waals surface area contributed by atoms with Gasteiger partial charge in [-0.15, -0.1) is 0 Å². The molecule has 0 aliphatic rings. The zero-order valence-electron chi connectivity index (χ0n) is 18.1. The molecule has 2 aromatic rings. The van der Waals surface area contributed by atoms with Gasteiger partial charge in [-0.3, -0.25) is 9.59 Å². The molecule has 0 saturated carbocycles. The van der Waals surface area contributed by atoms with Gasteiger partial charge in [0.25, 0.3) is 5.91 Å². The molecule has 0 fully saturated rings. The SMILES string of the molecule is CCN(CC(=O)NC(C)(C)C)C(=O)c1ccc(OCc2ccc(Cl)cc2)c(OC)c1. The number of amides is 2. The van der Waals surface area contributed by atoms with Gasteiger partial charge in [-0.25, -0.2) is 0 Å². The fourth-order valence-electron chi connectivity index (χ4n) is 2.80. The Morgan fingerprint density at radius 1 is 1.07 bits per heavy atom. The lowest BCUT2D eigenvalue weighted by atomic mass is 10.1. The number of carbonyl (C=O) groups is 2. The van der Waals surface area contributed by atoms with E-state index in [1.807, 2.05) is 39.8 Å². The second-order valence-corrected chi connectivity index (χ2v) is 8.33. The van der Waals surface area contributed by atoms with Crippen LogP contribution in [0.25, 0.3) is 0 Å². The molecule has 0 aromatic heterocycles. The predicted octanol–water partition coefficient (Wildman–Crippen LogP) is 4.30. The number of likely N-dealkylation sites (N-methyl/N-ethyl adjacent to an activating group) is 1. The Kier molecular flexibility index (Phi) is 8.12. The highest BCUT2D eigenvalue weighted by Crippen LogP contribution is 2.29. The van der Waals surface area contributed by atoms with Crippen LogP contribution in [0.5, 0.6) is 11.5 Å². The molecule has 1 N–H and O–H groups in total. The van der Waals surface area contributed by atoms with Crippen LogP contribution < -0.4 is 14.8 Å². The van der Waals surface area contributed by atoms with Crippen molar-refractivity contribution in [2.75, 3.05) is 20.2 Å². The zero-order valence-corrected chi connectivity index (χ0v) is 18.9. The van der Waals surface area contributed by atoms with Crippen LogP contribution in [0.4, 0.5) is 0 Å². The number of hydrogen-bond acceptors (Lipinski definition) is 4. The molecule has 7 heteroatoms. The van der Waals surface area contributed by atoms with Crippen molar-refractivity contribution in [2.45, 2.75) is 39.8 Å². The molecule has 0 spiro atoms. The fraction of sp³-hybridized carbons (Fsp3) is 0.391. The third-order valence-electron chi connectivity index (χ3n) is 4.24. The van der Waals surface area contributed by atoms with Crippen molar-refractivity contribution in [2.24, 2.45) is 0 Å². The second kappa shape index (κ2) is 10.3. The summed E-state index contributed by atoms with van der Waals surface area (Å²) < 4.78 is 11.2. The summed E-state index contributed by atoms with van der Waals surface area (Å²) in [6.45, 7) is 8.28. The summed E-state index contributed by atoms with van der Waals surface area (Å²) in [4.78, 5) is 26.6. The lowest BCUT2D eigenvalue weighted by Gasteiger charge is -2.25. The number of methoxy groups -OCH3 is 1. The summed E-state index contributed by atoms with van der Waals surface area (Å²) in [5, 5.41) is 3.53. The molecule has 2 aromatic carbocycles. The first-order valence-electron chi connectivity index (χ1n) is 9.78. The van der Waals surface area contributed by atoms with Gasteiger partial charge < -0.3 is 19.7 Å². The largest absolute Gasteiger partial charge is 0.493 e. The van der Waals surface area contributed by atoms with Crippen molar-refractivity contribution in [3.8, 4) is 11.5 Å². The Bertz CT molecular complexity index is 876. The van der Waals surface area contributed by atoms with E-state index in [0.29, 0.717) is 35.2 Å². The predicted molar refractivity (Wildman–Crippen MR) is 118 cm³/mol. The summed E-state index contributed by atoms with van der Waals surface area (Å²) in [5.74, 6) is 0.527. The van der Waals surface area contributed by atoms with E-state index in [2.05, 4.69) is 5.32 Å². The van der Waals surface area contributed by atoms with Crippen molar-refractivity contribution in [3.63, 3.8) is 0 Å². The Morgan fingerprint density at radius 2 is 1.73 bits per heavy atom. The van der Waals surface area contributed by atoms with Crippen molar-refractivity contribution < 1.29 is 19.1 Å². The molecular weight excluding hydrogens is 404 g/mol.